The molecule has 23 heavy (non-hydrogen) atoms. The molecule has 0 aromatic heterocycles. The molecule has 2 amide bonds. The van der Waals surface area contributed by atoms with Crippen molar-refractivity contribution in [1.82, 2.24) is 4.90 Å². The first-order valence-corrected chi connectivity index (χ1v) is 6.85. The van der Waals surface area contributed by atoms with Crippen LogP contribution in [0.2, 0.25) is 0 Å². The summed E-state index contributed by atoms with van der Waals surface area (Å²) in [6, 6.07) is 2.85. The van der Waals surface area contributed by atoms with Crippen LogP contribution in [-0.4, -0.2) is 48.0 Å². The summed E-state index contributed by atoms with van der Waals surface area (Å²) in [4.78, 5) is 13.2. The molecule has 9 heteroatoms. The Labute approximate surface area is 129 Å². The fourth-order valence-corrected chi connectivity index (χ4v) is 2.33. The minimum Gasteiger partial charge on any atom is -0.494 e. The van der Waals surface area contributed by atoms with E-state index in [4.69, 9.17) is 4.74 Å². The van der Waals surface area contributed by atoms with Gasteiger partial charge in [0.15, 0.2) is 5.60 Å². The first-order valence-electron chi connectivity index (χ1n) is 6.85. The van der Waals surface area contributed by atoms with Crippen LogP contribution < -0.4 is 10.1 Å². The zero-order chi connectivity index (χ0) is 17.3. The normalized spacial score (nSPS) is 17.7. The number of anilines is 1. The maximum absolute atomic E-state index is 13.1. The van der Waals surface area contributed by atoms with Crippen LogP contribution in [0.5, 0.6) is 5.75 Å². The summed E-state index contributed by atoms with van der Waals surface area (Å²) in [7, 11) is 1.30. The summed E-state index contributed by atoms with van der Waals surface area (Å²) in [5, 5.41) is 12.0. The van der Waals surface area contributed by atoms with E-state index in [0.717, 1.165) is 17.0 Å². The topological polar surface area (TPSA) is 61.8 Å². The molecule has 1 aliphatic heterocycles. The van der Waals surface area contributed by atoms with E-state index >= 15 is 0 Å². The molecule has 5 nitrogen and oxygen atoms in total. The molecule has 0 aliphatic carbocycles. The molecule has 0 atom stereocenters. The molecule has 2 rings (SSSR count). The number of carbonyl (C=O) groups excluding carboxylic acids is 1. The smallest absolute Gasteiger partial charge is 0.417 e. The van der Waals surface area contributed by atoms with Gasteiger partial charge in [-0.15, -0.1) is 0 Å². The number of halogens is 4. The Hall–Kier alpha value is -2.03. The van der Waals surface area contributed by atoms with Crippen LogP contribution in [0.15, 0.2) is 18.2 Å². The second kappa shape index (κ2) is 6.23. The van der Waals surface area contributed by atoms with Crippen molar-refractivity contribution < 1.29 is 32.2 Å². The molecule has 0 unspecified atom stereocenters. The molecule has 2 N–H and O–H groups in total. The van der Waals surface area contributed by atoms with Gasteiger partial charge in [0.2, 0.25) is 0 Å². The fourth-order valence-electron chi connectivity index (χ4n) is 2.33. The first kappa shape index (κ1) is 17.3. The van der Waals surface area contributed by atoms with Gasteiger partial charge in [-0.05, 0) is 12.1 Å². The molecular weight excluding hydrogens is 320 g/mol. The molecule has 0 spiro atoms. The fraction of sp³-hybridized carbons (Fsp3) is 0.500. The van der Waals surface area contributed by atoms with Crippen molar-refractivity contribution in [3.05, 3.63) is 24.0 Å². The van der Waals surface area contributed by atoms with Gasteiger partial charge in [-0.1, -0.05) is 0 Å². The standard InChI is InChI=1S/C14H16F4N2O3/c1-23-11-8-9(15)2-3-10(11)19-12(21)20-6-4-13(22,5-7-20)14(16,17)18/h2-3,8,22H,4-7H2,1H3,(H,19,21). The van der Waals surface area contributed by atoms with E-state index in [2.05, 4.69) is 5.32 Å². The highest BCUT2D eigenvalue weighted by molar-refractivity contribution is 5.91. The number of hydrogen-bond acceptors (Lipinski definition) is 3. The number of amides is 2. The predicted molar refractivity (Wildman–Crippen MR) is 73.8 cm³/mol. The van der Waals surface area contributed by atoms with Gasteiger partial charge >= 0.3 is 12.2 Å². The van der Waals surface area contributed by atoms with Crippen molar-refractivity contribution in [1.29, 1.82) is 0 Å². The highest BCUT2D eigenvalue weighted by atomic mass is 19.4. The van der Waals surface area contributed by atoms with Gasteiger partial charge in [-0.25, -0.2) is 9.18 Å². The minimum absolute atomic E-state index is 0.0992. The molecule has 1 heterocycles. The van der Waals surface area contributed by atoms with Crippen molar-refractivity contribution in [3.63, 3.8) is 0 Å². The van der Waals surface area contributed by atoms with Gasteiger partial charge in [0.1, 0.15) is 11.6 Å². The van der Waals surface area contributed by atoms with Crippen molar-refractivity contribution in [3.8, 4) is 5.75 Å². The zero-order valence-electron chi connectivity index (χ0n) is 12.3. The summed E-state index contributed by atoms with van der Waals surface area (Å²) in [5.41, 5.74) is -2.56. The number of alkyl halides is 3. The first-order chi connectivity index (χ1) is 10.7. The molecule has 1 aliphatic rings. The number of methoxy groups -OCH3 is 1. The van der Waals surface area contributed by atoms with Crippen molar-refractivity contribution >= 4 is 11.7 Å². The lowest BCUT2D eigenvalue weighted by Crippen LogP contribution is -2.55. The summed E-state index contributed by atoms with van der Waals surface area (Å²) in [6.45, 7) is -0.489. The number of urea groups is 1. The van der Waals surface area contributed by atoms with E-state index in [0.29, 0.717) is 0 Å². The Balaban J connectivity index is 2.01. The molecular formula is C14H16F4N2O3. The highest BCUT2D eigenvalue weighted by Crippen LogP contribution is 2.38. The van der Waals surface area contributed by atoms with Crippen LogP contribution in [0, 0.1) is 5.82 Å². The summed E-state index contributed by atoms with van der Waals surface area (Å²) >= 11 is 0. The molecule has 0 saturated carbocycles. The lowest BCUT2D eigenvalue weighted by Gasteiger charge is -2.39. The van der Waals surface area contributed by atoms with E-state index in [1.165, 1.54) is 13.2 Å². The number of nitrogens with zero attached hydrogens (tertiary/aromatic N) is 1. The Morgan fingerprint density at radius 3 is 2.48 bits per heavy atom. The van der Waals surface area contributed by atoms with E-state index in [-0.39, 0.29) is 24.5 Å². The molecule has 1 fully saturated rings. The number of ether oxygens (including phenoxy) is 1. The van der Waals surface area contributed by atoms with Crippen LogP contribution in [0.25, 0.3) is 0 Å². The molecule has 0 radical (unpaired) electrons. The van der Waals surface area contributed by atoms with Crippen LogP contribution >= 0.6 is 0 Å². The van der Waals surface area contributed by atoms with Gasteiger partial charge < -0.3 is 20.1 Å². The number of benzene rings is 1. The Morgan fingerprint density at radius 2 is 1.96 bits per heavy atom. The number of rotatable bonds is 2. The van der Waals surface area contributed by atoms with Gasteiger partial charge in [-0.3, -0.25) is 0 Å². The summed E-state index contributed by atoms with van der Waals surface area (Å²) < 4.78 is 56.2. The predicted octanol–water partition coefficient (Wildman–Crippen LogP) is 2.76. The zero-order valence-corrected chi connectivity index (χ0v) is 12.3. The third kappa shape index (κ3) is 3.66. The number of nitrogens with one attached hydrogen (secondary N) is 1. The minimum atomic E-state index is -4.73. The summed E-state index contributed by atoms with van der Waals surface area (Å²) in [6.07, 6.45) is -5.91. The Bertz CT molecular complexity index is 584. The van der Waals surface area contributed by atoms with Gasteiger partial charge in [-0.2, -0.15) is 13.2 Å². The number of piperidine rings is 1. The van der Waals surface area contributed by atoms with E-state index in [1.54, 1.807) is 0 Å². The second-order valence-corrected chi connectivity index (χ2v) is 5.29. The molecule has 1 aromatic carbocycles. The van der Waals surface area contributed by atoms with Crippen molar-refractivity contribution in [2.75, 3.05) is 25.5 Å². The quantitative estimate of drug-likeness (QED) is 0.817. The summed E-state index contributed by atoms with van der Waals surface area (Å²) in [5.74, 6) is -0.449. The van der Waals surface area contributed by atoms with Crippen LogP contribution in [0.3, 0.4) is 0 Å². The van der Waals surface area contributed by atoms with Gasteiger partial charge in [0.25, 0.3) is 0 Å². The third-order valence-electron chi connectivity index (χ3n) is 3.81. The maximum Gasteiger partial charge on any atom is 0.417 e. The molecule has 1 aromatic rings. The van der Waals surface area contributed by atoms with E-state index < -0.39 is 36.5 Å². The number of hydrogen-bond donors (Lipinski definition) is 2. The van der Waals surface area contributed by atoms with E-state index in [1.807, 2.05) is 0 Å². The van der Waals surface area contributed by atoms with E-state index in [9.17, 15) is 27.5 Å². The molecule has 1 saturated heterocycles. The molecule has 128 valence electrons. The molecule has 0 bridgehead atoms. The lowest BCUT2D eigenvalue weighted by molar-refractivity contribution is -0.271. The number of likely N-dealkylation sites (tertiary alicyclic amines) is 1. The average Bonchev–Trinajstić information content (AvgIpc) is 2.48. The SMILES string of the molecule is COc1cc(F)ccc1NC(=O)N1CCC(O)(C(F)(F)F)CC1. The Kier molecular flexibility index (Phi) is 4.69. The largest absolute Gasteiger partial charge is 0.494 e. The number of carbonyl (C=O) groups is 1. The number of aliphatic hydroxyl groups is 1. The lowest BCUT2D eigenvalue weighted by atomic mass is 9.91. The van der Waals surface area contributed by atoms with Crippen LogP contribution in [-0.2, 0) is 0 Å². The van der Waals surface area contributed by atoms with Gasteiger partial charge in [0.05, 0.1) is 12.8 Å². The average molecular weight is 336 g/mol. The van der Waals surface area contributed by atoms with Crippen molar-refractivity contribution in [2.24, 2.45) is 0 Å². The van der Waals surface area contributed by atoms with Crippen LogP contribution in [0.1, 0.15) is 12.8 Å². The maximum atomic E-state index is 13.1. The van der Waals surface area contributed by atoms with Crippen LogP contribution in [0.4, 0.5) is 28.0 Å². The highest BCUT2D eigenvalue weighted by Gasteiger charge is 2.54. The third-order valence-corrected chi connectivity index (χ3v) is 3.81. The Morgan fingerprint density at radius 1 is 1.35 bits per heavy atom. The second-order valence-electron chi connectivity index (χ2n) is 5.29. The van der Waals surface area contributed by atoms with Gasteiger partial charge in [0, 0.05) is 32.0 Å². The monoisotopic (exact) mass is 336 g/mol. The van der Waals surface area contributed by atoms with Crippen molar-refractivity contribution in [2.45, 2.75) is 24.6 Å².